The van der Waals surface area contributed by atoms with E-state index in [0.29, 0.717) is 43.9 Å². The van der Waals surface area contributed by atoms with Gasteiger partial charge in [0, 0.05) is 19.0 Å². The zero-order chi connectivity index (χ0) is 26.6. The molecule has 2 saturated heterocycles. The van der Waals surface area contributed by atoms with E-state index in [2.05, 4.69) is 31.9 Å². The van der Waals surface area contributed by atoms with E-state index in [1.165, 1.54) is 0 Å². The van der Waals surface area contributed by atoms with Gasteiger partial charge in [0.05, 0.1) is 24.8 Å². The van der Waals surface area contributed by atoms with Gasteiger partial charge in [0.15, 0.2) is 11.0 Å². The fourth-order valence-corrected chi connectivity index (χ4v) is 6.69. The van der Waals surface area contributed by atoms with Crippen LogP contribution >= 0.6 is 11.6 Å². The molecule has 3 fully saturated rings. The number of nitrogens with zero attached hydrogens (tertiary/aromatic N) is 5. The largest absolute Gasteiger partial charge is 0.475 e. The van der Waals surface area contributed by atoms with E-state index in [1.54, 1.807) is 0 Å². The number of pyridine rings is 1. The molecule has 11 heteroatoms. The summed E-state index contributed by atoms with van der Waals surface area (Å²) in [6, 6.07) is 10.3. The summed E-state index contributed by atoms with van der Waals surface area (Å²) in [4.78, 5) is 17.6. The number of alkyl halides is 1. The molecule has 7 rings (SSSR count). The van der Waals surface area contributed by atoms with Crippen molar-refractivity contribution < 1.29 is 23.0 Å². The highest BCUT2D eigenvalue weighted by Gasteiger charge is 2.49. The van der Waals surface area contributed by atoms with Gasteiger partial charge in [-0.3, -0.25) is 4.90 Å². The quantitative estimate of drug-likeness (QED) is 0.387. The lowest BCUT2D eigenvalue weighted by Gasteiger charge is -2.43. The Bertz CT molecular complexity index is 1380. The molecular formula is C28H30ClF2N5O3. The topological polar surface area (TPSA) is 72.8 Å². The van der Waals surface area contributed by atoms with Crippen LogP contribution in [0.25, 0.3) is 10.9 Å². The molecule has 2 atom stereocenters. The maximum absolute atomic E-state index is 15.3. The summed E-state index contributed by atoms with van der Waals surface area (Å²) < 4.78 is 47.7. The molecule has 0 amide bonds. The van der Waals surface area contributed by atoms with Crippen molar-refractivity contribution in [1.82, 2.24) is 19.9 Å². The van der Waals surface area contributed by atoms with E-state index in [-0.39, 0.29) is 46.9 Å². The molecule has 0 radical (unpaired) electrons. The smallest absolute Gasteiger partial charge is 0.319 e. The Hall–Kier alpha value is -2.82. The lowest BCUT2D eigenvalue weighted by Crippen LogP contribution is -2.49. The number of halogens is 3. The Morgan fingerprint density at radius 2 is 1.97 bits per heavy atom. The fourth-order valence-electron chi connectivity index (χ4n) is 6.52. The maximum atomic E-state index is 15.3. The number of hydrogen-bond acceptors (Lipinski definition) is 8. The number of benzene rings is 1. The van der Waals surface area contributed by atoms with Gasteiger partial charge in [-0.2, -0.15) is 15.0 Å². The van der Waals surface area contributed by atoms with Gasteiger partial charge in [-0.15, -0.1) is 0 Å². The van der Waals surface area contributed by atoms with Crippen LogP contribution in [0.1, 0.15) is 37.7 Å². The second-order valence-electron chi connectivity index (χ2n) is 11.0. The first-order chi connectivity index (χ1) is 19.0. The number of rotatable bonds is 7. The molecule has 1 aromatic carbocycles. The van der Waals surface area contributed by atoms with Gasteiger partial charge in [0.25, 0.3) is 0 Å². The second-order valence-corrected chi connectivity index (χ2v) is 11.4. The highest BCUT2D eigenvalue weighted by atomic mass is 35.5. The van der Waals surface area contributed by atoms with Gasteiger partial charge in [-0.25, -0.2) is 8.78 Å². The average molecular weight is 558 g/mol. The Balaban J connectivity index is 1.15. The van der Waals surface area contributed by atoms with E-state index >= 15 is 4.39 Å². The predicted octanol–water partition coefficient (Wildman–Crippen LogP) is 4.72. The zero-order valence-corrected chi connectivity index (χ0v) is 22.2. The van der Waals surface area contributed by atoms with Gasteiger partial charge >= 0.3 is 6.01 Å². The maximum Gasteiger partial charge on any atom is 0.319 e. The molecule has 4 aliphatic rings. The summed E-state index contributed by atoms with van der Waals surface area (Å²) in [5, 5.41) is 0.0805. The van der Waals surface area contributed by atoms with Gasteiger partial charge in [-0.1, -0.05) is 41.9 Å². The summed E-state index contributed by atoms with van der Waals surface area (Å²) in [5.74, 6) is -0.00156. The van der Waals surface area contributed by atoms with Crippen LogP contribution in [0.3, 0.4) is 0 Å². The molecule has 3 aromatic rings. The normalized spacial score (nSPS) is 28.2. The van der Waals surface area contributed by atoms with E-state index < -0.39 is 12.0 Å². The summed E-state index contributed by atoms with van der Waals surface area (Å²) >= 11 is 6.12. The number of hydrogen-bond donors (Lipinski definition) is 0. The lowest BCUT2D eigenvalue weighted by atomic mass is 9.87. The summed E-state index contributed by atoms with van der Waals surface area (Å²) in [6.07, 6.45) is 3.15. The predicted molar refractivity (Wildman–Crippen MR) is 142 cm³/mol. The van der Waals surface area contributed by atoms with Crippen molar-refractivity contribution in [2.45, 2.75) is 62.6 Å². The molecular weight excluding hydrogens is 528 g/mol. The minimum atomic E-state index is -0.871. The molecule has 2 aromatic heterocycles. The second kappa shape index (κ2) is 9.98. The molecule has 0 N–H and O–H groups in total. The van der Waals surface area contributed by atoms with Crippen LogP contribution in [0.5, 0.6) is 11.9 Å². The number of aromatic nitrogens is 3. The van der Waals surface area contributed by atoms with Crippen molar-refractivity contribution in [3.63, 3.8) is 0 Å². The van der Waals surface area contributed by atoms with Gasteiger partial charge in [-0.05, 0) is 37.8 Å². The highest BCUT2D eigenvalue weighted by Crippen LogP contribution is 2.43. The number of anilines is 1. The third kappa shape index (κ3) is 4.56. The Morgan fingerprint density at radius 1 is 1.13 bits per heavy atom. The zero-order valence-electron chi connectivity index (χ0n) is 21.5. The van der Waals surface area contributed by atoms with Gasteiger partial charge in [0.2, 0.25) is 5.88 Å². The summed E-state index contributed by atoms with van der Waals surface area (Å²) in [7, 11) is 0. The minimum absolute atomic E-state index is 0.0173. The number of fused-ring (bicyclic) bond motifs is 1. The molecule has 5 heterocycles. The van der Waals surface area contributed by atoms with Gasteiger partial charge in [0.1, 0.15) is 36.1 Å². The van der Waals surface area contributed by atoms with Crippen LogP contribution in [0.2, 0.25) is 5.15 Å². The van der Waals surface area contributed by atoms with Crippen molar-refractivity contribution >= 4 is 28.3 Å². The molecule has 8 nitrogen and oxygen atoms in total. The molecule has 0 unspecified atom stereocenters. The Morgan fingerprint density at radius 3 is 2.82 bits per heavy atom. The van der Waals surface area contributed by atoms with Crippen LogP contribution < -0.4 is 14.4 Å². The van der Waals surface area contributed by atoms with E-state index in [0.717, 1.165) is 37.8 Å². The first kappa shape index (κ1) is 25.2. The molecule has 0 bridgehead atoms. The highest BCUT2D eigenvalue weighted by molar-refractivity contribution is 6.30. The Labute approximate surface area is 230 Å². The van der Waals surface area contributed by atoms with Gasteiger partial charge < -0.3 is 19.1 Å². The van der Waals surface area contributed by atoms with Crippen LogP contribution in [0.4, 0.5) is 14.6 Å². The average Bonchev–Trinajstić information content (AvgIpc) is 3.37. The third-order valence-corrected chi connectivity index (χ3v) is 8.84. The van der Waals surface area contributed by atoms with Crippen molar-refractivity contribution in [2.75, 3.05) is 37.7 Å². The van der Waals surface area contributed by atoms with Crippen LogP contribution in [0, 0.1) is 5.82 Å². The molecule has 39 heavy (non-hydrogen) atoms. The monoisotopic (exact) mass is 557 g/mol. The van der Waals surface area contributed by atoms with E-state index in [4.69, 9.17) is 30.8 Å². The third-order valence-electron chi connectivity index (χ3n) is 8.59. The van der Waals surface area contributed by atoms with Crippen molar-refractivity contribution in [2.24, 2.45) is 0 Å². The first-order valence-electron chi connectivity index (χ1n) is 13.6. The first-order valence-corrected chi connectivity index (χ1v) is 14.0. The van der Waals surface area contributed by atoms with Crippen LogP contribution in [-0.2, 0) is 11.3 Å². The van der Waals surface area contributed by atoms with Crippen molar-refractivity contribution in [3.8, 4) is 11.9 Å². The minimum Gasteiger partial charge on any atom is -0.475 e. The standard InChI is InChI=1S/C28H30ClF2N5O3/c29-24-22(31)23-21-25(34-27(32-23)39-16-28-7-4-8-35(28)14-18(30)13-28)36(9-10-37-26(21)33-24)19-11-20(12-19)38-15-17-5-2-1-3-6-17/h1-3,5-6,18-20H,4,7-16H2/t18-,19?,20?,28+/m1/s1. The van der Waals surface area contributed by atoms with E-state index in [1.807, 2.05) is 18.2 Å². The summed E-state index contributed by atoms with van der Waals surface area (Å²) in [6.45, 7) is 2.98. The van der Waals surface area contributed by atoms with Crippen molar-refractivity contribution in [3.05, 3.63) is 46.9 Å². The molecule has 1 aliphatic carbocycles. The van der Waals surface area contributed by atoms with Crippen LogP contribution in [-0.4, -0.2) is 76.6 Å². The molecule has 1 saturated carbocycles. The fraction of sp³-hybridized carbons (Fsp3) is 0.536. The number of ether oxygens (including phenoxy) is 3. The summed E-state index contributed by atoms with van der Waals surface area (Å²) in [5.41, 5.74) is 0.784. The van der Waals surface area contributed by atoms with E-state index in [9.17, 15) is 4.39 Å². The lowest BCUT2D eigenvalue weighted by molar-refractivity contribution is -0.0209. The van der Waals surface area contributed by atoms with Crippen molar-refractivity contribution in [1.29, 1.82) is 0 Å². The molecule has 206 valence electrons. The SMILES string of the molecule is Fc1c(Cl)nc2c3c(nc(OC[C@@]45CCCN4C[C@H](F)C5)nc13)N(C1CC(OCc3ccccc3)C1)CCO2. The molecule has 3 aliphatic heterocycles. The Kier molecular flexibility index (Phi) is 6.44. The van der Waals surface area contributed by atoms with Crippen LogP contribution in [0.15, 0.2) is 30.3 Å². The molecule has 0 spiro atoms.